The van der Waals surface area contributed by atoms with Gasteiger partial charge in [-0.25, -0.2) is 4.79 Å². The average molecular weight is 1580 g/mol. The lowest BCUT2D eigenvalue weighted by atomic mass is 10.1. The van der Waals surface area contributed by atoms with E-state index in [4.69, 9.17) is 147 Å². The third-order valence-electron chi connectivity index (χ3n) is 13.9. The summed E-state index contributed by atoms with van der Waals surface area (Å²) in [6, 6.07) is 6.97. The Morgan fingerprint density at radius 2 is 0.450 bits per heavy atom. The maximum atomic E-state index is 12.3. The van der Waals surface area contributed by atoms with E-state index in [2.05, 4.69) is 5.32 Å². The number of rotatable bonds is 91. The van der Waals surface area contributed by atoms with Crippen LogP contribution >= 0.6 is 0 Å². The van der Waals surface area contributed by atoms with Gasteiger partial charge < -0.3 is 152 Å². The lowest BCUT2D eigenvalue weighted by Gasteiger charge is -2.14. The highest BCUT2D eigenvalue weighted by atomic mass is 16.7. The molecular formula is C72H130N2O35. The maximum Gasteiger partial charge on any atom is 0.335 e. The second-order valence-electron chi connectivity index (χ2n) is 22.3. The van der Waals surface area contributed by atoms with Crippen molar-refractivity contribution >= 4 is 23.7 Å². The van der Waals surface area contributed by atoms with E-state index in [9.17, 15) is 19.2 Å². The lowest BCUT2D eigenvalue weighted by Crippen LogP contribution is -2.32. The summed E-state index contributed by atoms with van der Waals surface area (Å²) in [6.07, 6.45) is -0.463. The molecule has 1 fully saturated rings. The van der Waals surface area contributed by atoms with Gasteiger partial charge in [-0.1, -0.05) is 12.1 Å². The molecule has 1 N–H and O–H groups in total. The molecule has 0 saturated carbocycles. The second kappa shape index (κ2) is 83.5. The highest BCUT2D eigenvalue weighted by Gasteiger charge is 2.32. The summed E-state index contributed by atoms with van der Waals surface area (Å²) in [7, 11) is 3.11. The van der Waals surface area contributed by atoms with Gasteiger partial charge in [-0.05, 0) is 12.1 Å². The number of hydroxylamine groups is 2. The molecule has 0 bridgehead atoms. The van der Waals surface area contributed by atoms with E-state index in [0.29, 0.717) is 361 Å². The summed E-state index contributed by atoms with van der Waals surface area (Å²) in [5.74, 6) is -1.98. The number of carbonyl (C=O) groups excluding carboxylic acids is 4. The van der Waals surface area contributed by atoms with Crippen LogP contribution in [0.15, 0.2) is 24.3 Å². The smallest absolute Gasteiger partial charge is 0.335 e. The molecule has 3 amide bonds. The number of nitrogens with one attached hydrogen (secondary N) is 1. The van der Waals surface area contributed by atoms with E-state index in [1.165, 1.54) is 0 Å². The Morgan fingerprint density at radius 1 is 0.275 bits per heavy atom. The number of carbonyl (C=O) groups is 4. The van der Waals surface area contributed by atoms with Crippen molar-refractivity contribution in [1.29, 1.82) is 0 Å². The monoisotopic (exact) mass is 1580 g/mol. The molecule has 0 aliphatic carbocycles. The van der Waals surface area contributed by atoms with Crippen molar-refractivity contribution in [2.45, 2.75) is 25.6 Å². The van der Waals surface area contributed by atoms with Crippen LogP contribution in [0.5, 0.6) is 0 Å². The fraction of sp³-hybridized carbons (Fsp3) is 0.861. The molecule has 0 spiro atoms. The zero-order chi connectivity index (χ0) is 77.8. The molecule has 1 saturated heterocycles. The minimum atomic E-state index is -0.707. The van der Waals surface area contributed by atoms with Crippen molar-refractivity contribution in [3.05, 3.63) is 35.4 Å². The number of benzene rings is 1. The van der Waals surface area contributed by atoms with Gasteiger partial charge in [0.1, 0.15) is 6.73 Å². The first kappa shape index (κ1) is 101. The normalized spacial score (nSPS) is 12.5. The van der Waals surface area contributed by atoms with Crippen molar-refractivity contribution in [2.24, 2.45) is 0 Å². The lowest BCUT2D eigenvalue weighted by molar-refractivity contribution is -0.198. The summed E-state index contributed by atoms with van der Waals surface area (Å²) < 4.78 is 165. The summed E-state index contributed by atoms with van der Waals surface area (Å²) in [6.45, 7) is 24.4. The third kappa shape index (κ3) is 70.5. The van der Waals surface area contributed by atoms with Crippen molar-refractivity contribution < 1.29 is 166 Å². The largest absolute Gasteiger partial charge is 0.378 e. The van der Waals surface area contributed by atoms with Gasteiger partial charge in [-0.3, -0.25) is 14.4 Å². The number of hydrogen-bond donors (Lipinski definition) is 1. The van der Waals surface area contributed by atoms with Gasteiger partial charge in [-0.15, -0.1) is 5.06 Å². The molecule has 638 valence electrons. The minimum absolute atomic E-state index is 0.0499. The zero-order valence-electron chi connectivity index (χ0n) is 64.8. The quantitative estimate of drug-likeness (QED) is 0.0542. The van der Waals surface area contributed by atoms with Crippen LogP contribution in [0.2, 0.25) is 0 Å². The molecule has 37 heteroatoms. The molecule has 2 rings (SSSR count). The van der Waals surface area contributed by atoms with Crippen LogP contribution in [0.4, 0.5) is 0 Å². The average Bonchev–Trinajstić information content (AvgIpc) is 0.884. The summed E-state index contributed by atoms with van der Waals surface area (Å²) >= 11 is 0. The van der Waals surface area contributed by atoms with E-state index < -0.39 is 24.1 Å². The fourth-order valence-electron chi connectivity index (χ4n) is 8.35. The molecule has 1 heterocycles. The first-order valence-electron chi connectivity index (χ1n) is 37.6. The van der Waals surface area contributed by atoms with Crippen LogP contribution in [-0.2, 0) is 161 Å². The molecule has 109 heavy (non-hydrogen) atoms. The molecule has 1 aliphatic rings. The number of ether oxygens (including phenoxy) is 30. The van der Waals surface area contributed by atoms with E-state index in [-0.39, 0.29) is 45.1 Å². The van der Waals surface area contributed by atoms with Crippen LogP contribution in [0.25, 0.3) is 0 Å². The molecule has 0 aromatic heterocycles. The van der Waals surface area contributed by atoms with Gasteiger partial charge in [0.2, 0.25) is 0 Å². The van der Waals surface area contributed by atoms with Crippen molar-refractivity contribution in [3.63, 3.8) is 0 Å². The van der Waals surface area contributed by atoms with E-state index in [1.54, 1.807) is 38.5 Å². The topological polar surface area (TPSA) is 370 Å². The number of amides is 3. The Balaban J connectivity index is 1.09. The molecule has 1 aliphatic heterocycles. The summed E-state index contributed by atoms with van der Waals surface area (Å²) in [5, 5.41) is 3.22. The van der Waals surface area contributed by atoms with Crippen molar-refractivity contribution in [2.75, 3.05) is 384 Å². The Bertz CT molecular complexity index is 2090. The predicted octanol–water partition coefficient (Wildman–Crippen LogP) is 1.13. The third-order valence-corrected chi connectivity index (χ3v) is 13.9. The van der Waals surface area contributed by atoms with E-state index in [0.717, 1.165) is 5.56 Å². The van der Waals surface area contributed by atoms with Crippen LogP contribution in [0.3, 0.4) is 0 Å². The first-order valence-corrected chi connectivity index (χ1v) is 37.6. The predicted molar refractivity (Wildman–Crippen MR) is 385 cm³/mol. The highest BCUT2D eigenvalue weighted by Crippen LogP contribution is 2.18. The molecule has 0 unspecified atom stereocenters. The van der Waals surface area contributed by atoms with Crippen LogP contribution in [0.1, 0.15) is 41.5 Å². The van der Waals surface area contributed by atoms with Crippen LogP contribution < -0.4 is 5.32 Å². The summed E-state index contributed by atoms with van der Waals surface area (Å²) in [4.78, 5) is 51.7. The van der Waals surface area contributed by atoms with Gasteiger partial charge in [0.05, 0.1) is 370 Å². The maximum absolute atomic E-state index is 12.3. The van der Waals surface area contributed by atoms with Crippen LogP contribution in [-0.4, -0.2) is 413 Å². The number of imide groups is 1. The molecule has 0 atom stereocenters. The molecular weight excluding hydrogens is 1450 g/mol. The Hall–Kier alpha value is -3.90. The summed E-state index contributed by atoms with van der Waals surface area (Å²) in [5.41, 5.74) is 1.33. The highest BCUT2D eigenvalue weighted by molar-refractivity contribution is 6.01. The van der Waals surface area contributed by atoms with E-state index in [1.807, 2.05) is 0 Å². The Labute approximate surface area is 643 Å². The van der Waals surface area contributed by atoms with Gasteiger partial charge in [0.15, 0.2) is 6.29 Å². The van der Waals surface area contributed by atoms with Gasteiger partial charge in [0.25, 0.3) is 17.7 Å². The molecule has 1 aromatic carbocycles. The Kier molecular flexibility index (Phi) is 77.5. The molecule has 37 nitrogen and oxygen atoms in total. The fourth-order valence-corrected chi connectivity index (χ4v) is 8.35. The Morgan fingerprint density at radius 3 is 0.633 bits per heavy atom. The van der Waals surface area contributed by atoms with Gasteiger partial charge in [0, 0.05) is 38.2 Å². The molecule has 1 aromatic rings. The van der Waals surface area contributed by atoms with Gasteiger partial charge >= 0.3 is 5.97 Å². The molecule has 0 radical (unpaired) electrons. The second-order valence-corrected chi connectivity index (χ2v) is 22.3. The first-order chi connectivity index (χ1) is 54.0. The minimum Gasteiger partial charge on any atom is -0.378 e. The SMILES string of the molecule is COC(OC)c1ccc(C(=O)NCOCCOCCOCCOCCOCCOCCOCCOCCOCCOCCOCCOCCOCCOCCOCCOCCOCCOCCOCCOCCOCCOCCOCCOCCOCCOCCOCCOCCC(=O)ON2C(=O)CCC2=O)cc1. The van der Waals surface area contributed by atoms with E-state index >= 15 is 0 Å². The number of methoxy groups -OCH3 is 2. The van der Waals surface area contributed by atoms with Crippen LogP contribution in [0, 0.1) is 0 Å². The van der Waals surface area contributed by atoms with Gasteiger partial charge in [-0.2, -0.15) is 0 Å². The standard InChI is InChI=1S/C72H130N2O35/c1-79-72(80-2)67-5-3-66(4-6-67)71(78)73-65-108-64-63-107-62-61-106-60-59-105-58-57-104-56-55-103-54-53-102-52-51-101-50-49-100-48-47-99-46-45-98-44-43-97-42-41-96-40-39-95-38-37-94-36-35-93-34-33-92-32-31-91-30-29-90-28-27-89-26-25-88-24-23-87-22-21-86-20-19-85-18-17-84-16-15-83-14-13-82-12-11-81-10-9-70(77)109-74-68(75)7-8-69(74)76/h3-6,72H,7-65H2,1-2H3,(H,73,78). The van der Waals surface area contributed by atoms with Crippen molar-refractivity contribution in [3.8, 4) is 0 Å². The number of nitrogens with zero attached hydrogens (tertiary/aromatic N) is 1. The zero-order valence-corrected chi connectivity index (χ0v) is 64.8. The van der Waals surface area contributed by atoms with Crippen molar-refractivity contribution in [1.82, 2.24) is 10.4 Å². The number of hydrogen-bond acceptors (Lipinski definition) is 35.